The summed E-state index contributed by atoms with van der Waals surface area (Å²) in [7, 11) is 4.10. The Bertz CT molecular complexity index is 172. The van der Waals surface area contributed by atoms with Crippen LogP contribution in [0, 0.1) is 0 Å². The number of likely N-dealkylation sites (N-methyl/N-ethyl adjacent to an activating group) is 1. The molecule has 0 radical (unpaired) electrons. The van der Waals surface area contributed by atoms with Gasteiger partial charge in [-0.05, 0) is 26.9 Å². The number of halogens is 1. The first-order valence-electron chi connectivity index (χ1n) is 5.66. The van der Waals surface area contributed by atoms with Crippen molar-refractivity contribution in [3.63, 3.8) is 0 Å². The number of hydrogen-bond acceptors (Lipinski definition) is 3. The summed E-state index contributed by atoms with van der Waals surface area (Å²) in [5, 5.41) is 1.09. The van der Waals surface area contributed by atoms with Gasteiger partial charge in [0.2, 0.25) is 0 Å². The lowest BCUT2D eigenvalue weighted by Gasteiger charge is -2.46. The molecule has 0 aromatic heterocycles. The summed E-state index contributed by atoms with van der Waals surface area (Å²) in [6.45, 7) is 2.42. The number of nitrogens with zero attached hydrogens (tertiary/aromatic N) is 1. The van der Waals surface area contributed by atoms with E-state index in [1.54, 1.807) is 0 Å². The molecule has 3 nitrogen and oxygen atoms in total. The number of hydrogen-bond donors (Lipinski definition) is 0. The van der Waals surface area contributed by atoms with Gasteiger partial charge in [-0.1, -0.05) is 22.4 Å². The van der Waals surface area contributed by atoms with Gasteiger partial charge in [0.1, 0.15) is 5.72 Å². The van der Waals surface area contributed by atoms with E-state index >= 15 is 0 Å². The quantitative estimate of drug-likeness (QED) is 0.503. The highest BCUT2D eigenvalue weighted by atomic mass is 79.9. The molecule has 0 bridgehead atoms. The number of alkyl halides is 1. The van der Waals surface area contributed by atoms with E-state index in [0.717, 1.165) is 31.4 Å². The predicted molar refractivity (Wildman–Crippen MR) is 65.5 cm³/mol. The van der Waals surface area contributed by atoms with Crippen LogP contribution < -0.4 is 0 Å². The molecule has 1 rings (SSSR count). The molecule has 1 unspecified atom stereocenters. The largest absolute Gasteiger partial charge is 0.377 e. The smallest absolute Gasteiger partial charge is 0.146 e. The lowest BCUT2D eigenvalue weighted by Crippen LogP contribution is -2.58. The molecule has 90 valence electrons. The Balaban J connectivity index is 2.03. The van der Waals surface area contributed by atoms with Crippen LogP contribution in [0.1, 0.15) is 25.7 Å². The lowest BCUT2D eigenvalue weighted by molar-refractivity contribution is -0.249. The van der Waals surface area contributed by atoms with Crippen LogP contribution in [-0.2, 0) is 9.47 Å². The lowest BCUT2D eigenvalue weighted by atomic mass is 10.1. The van der Waals surface area contributed by atoms with Gasteiger partial charge >= 0.3 is 0 Å². The van der Waals surface area contributed by atoms with Crippen molar-refractivity contribution in [3.8, 4) is 0 Å². The van der Waals surface area contributed by atoms with Crippen LogP contribution in [0.5, 0.6) is 0 Å². The summed E-state index contributed by atoms with van der Waals surface area (Å²) in [6, 6.07) is 0. The Kier molecular flexibility index (Phi) is 6.12. The Hall–Kier alpha value is 0.360. The van der Waals surface area contributed by atoms with Crippen LogP contribution >= 0.6 is 15.9 Å². The molecule has 0 aromatic carbocycles. The Morgan fingerprint density at radius 2 is 2.07 bits per heavy atom. The molecule has 1 atom stereocenters. The summed E-state index contributed by atoms with van der Waals surface area (Å²) in [6.07, 6.45) is 4.70. The third-order valence-electron chi connectivity index (χ3n) is 2.93. The van der Waals surface area contributed by atoms with Gasteiger partial charge in [0.15, 0.2) is 0 Å². The summed E-state index contributed by atoms with van der Waals surface area (Å²) in [5.41, 5.74) is -0.130. The maximum atomic E-state index is 5.67. The van der Waals surface area contributed by atoms with Gasteiger partial charge < -0.3 is 9.47 Å². The van der Waals surface area contributed by atoms with E-state index < -0.39 is 0 Å². The molecule has 0 amide bonds. The van der Waals surface area contributed by atoms with Crippen LogP contribution in [0.15, 0.2) is 0 Å². The van der Waals surface area contributed by atoms with Gasteiger partial charge in [-0.15, -0.1) is 0 Å². The third-order valence-corrected chi connectivity index (χ3v) is 3.49. The highest BCUT2D eigenvalue weighted by Gasteiger charge is 2.40. The van der Waals surface area contributed by atoms with Crippen molar-refractivity contribution in [3.05, 3.63) is 0 Å². The zero-order valence-electron chi connectivity index (χ0n) is 9.80. The highest BCUT2D eigenvalue weighted by molar-refractivity contribution is 9.09. The first kappa shape index (κ1) is 13.4. The fraction of sp³-hybridized carbons (Fsp3) is 1.00. The van der Waals surface area contributed by atoms with E-state index in [1.165, 1.54) is 12.8 Å². The Morgan fingerprint density at radius 1 is 1.33 bits per heavy atom. The molecule has 0 spiro atoms. The molecule has 0 aromatic rings. The van der Waals surface area contributed by atoms with E-state index in [0.29, 0.717) is 6.61 Å². The second-order valence-electron chi connectivity index (χ2n) is 4.24. The van der Waals surface area contributed by atoms with Crippen molar-refractivity contribution >= 4 is 15.9 Å². The average Bonchev–Trinajstić information content (AvgIpc) is 2.13. The summed E-state index contributed by atoms with van der Waals surface area (Å²) < 4.78 is 11.3. The van der Waals surface area contributed by atoms with Crippen molar-refractivity contribution in [2.45, 2.75) is 31.4 Å². The van der Waals surface area contributed by atoms with Gasteiger partial charge in [-0.3, -0.25) is 4.90 Å². The second-order valence-corrected chi connectivity index (χ2v) is 5.03. The van der Waals surface area contributed by atoms with E-state index in [1.807, 2.05) is 14.1 Å². The first-order valence-corrected chi connectivity index (χ1v) is 6.78. The zero-order chi connectivity index (χ0) is 11.1. The molecule has 1 aliphatic heterocycles. The molecule has 1 heterocycles. The SMILES string of the molecule is CN(C)C1(COCCCCCBr)CCO1. The minimum Gasteiger partial charge on any atom is -0.377 e. The fourth-order valence-corrected chi connectivity index (χ4v) is 2.04. The molecule has 1 fully saturated rings. The summed E-state index contributed by atoms with van der Waals surface area (Å²) in [4.78, 5) is 2.12. The van der Waals surface area contributed by atoms with Crippen molar-refractivity contribution in [1.82, 2.24) is 4.90 Å². The third kappa shape index (κ3) is 4.02. The molecule has 15 heavy (non-hydrogen) atoms. The molecule has 0 saturated carbocycles. The second kappa shape index (κ2) is 6.84. The molecule has 4 heteroatoms. The van der Waals surface area contributed by atoms with E-state index in [-0.39, 0.29) is 5.72 Å². The van der Waals surface area contributed by atoms with Gasteiger partial charge in [-0.25, -0.2) is 0 Å². The highest BCUT2D eigenvalue weighted by Crippen LogP contribution is 2.28. The topological polar surface area (TPSA) is 21.7 Å². The number of ether oxygens (including phenoxy) is 2. The maximum absolute atomic E-state index is 5.67. The van der Waals surface area contributed by atoms with Gasteiger partial charge in [-0.2, -0.15) is 0 Å². The average molecular weight is 280 g/mol. The molecular weight excluding hydrogens is 258 g/mol. The monoisotopic (exact) mass is 279 g/mol. The standard InChI is InChI=1S/C11H22BrNO2/c1-13(2)11(6-9-15-11)10-14-8-5-3-4-7-12/h3-10H2,1-2H3. The molecule has 1 saturated heterocycles. The Morgan fingerprint density at radius 3 is 2.53 bits per heavy atom. The van der Waals surface area contributed by atoms with Crippen molar-refractivity contribution < 1.29 is 9.47 Å². The van der Waals surface area contributed by atoms with Crippen LogP contribution in [0.25, 0.3) is 0 Å². The van der Waals surface area contributed by atoms with E-state index in [4.69, 9.17) is 9.47 Å². The molecule has 0 aliphatic carbocycles. The van der Waals surface area contributed by atoms with Crippen LogP contribution in [0.4, 0.5) is 0 Å². The Labute approximate surface area is 101 Å². The first-order chi connectivity index (χ1) is 7.21. The zero-order valence-corrected chi connectivity index (χ0v) is 11.4. The predicted octanol–water partition coefficient (Wildman–Crippen LogP) is 2.25. The van der Waals surface area contributed by atoms with Gasteiger partial charge in [0.25, 0.3) is 0 Å². The van der Waals surface area contributed by atoms with Gasteiger partial charge in [0, 0.05) is 18.4 Å². The number of unbranched alkanes of at least 4 members (excludes halogenated alkanes) is 2. The normalized spacial score (nSPS) is 25.6. The fourth-order valence-electron chi connectivity index (χ4n) is 1.64. The summed E-state index contributed by atoms with van der Waals surface area (Å²) in [5.74, 6) is 0. The van der Waals surface area contributed by atoms with Gasteiger partial charge in [0.05, 0.1) is 13.2 Å². The van der Waals surface area contributed by atoms with Crippen LogP contribution in [0.2, 0.25) is 0 Å². The van der Waals surface area contributed by atoms with Crippen molar-refractivity contribution in [2.24, 2.45) is 0 Å². The molecule has 0 N–H and O–H groups in total. The minimum absolute atomic E-state index is 0.130. The van der Waals surface area contributed by atoms with E-state index in [2.05, 4.69) is 20.8 Å². The van der Waals surface area contributed by atoms with Crippen molar-refractivity contribution in [1.29, 1.82) is 0 Å². The molecular formula is C11H22BrNO2. The van der Waals surface area contributed by atoms with Crippen LogP contribution in [0.3, 0.4) is 0 Å². The molecule has 1 aliphatic rings. The maximum Gasteiger partial charge on any atom is 0.146 e. The van der Waals surface area contributed by atoms with Crippen LogP contribution in [-0.4, -0.2) is 49.9 Å². The summed E-state index contributed by atoms with van der Waals surface area (Å²) >= 11 is 3.42. The van der Waals surface area contributed by atoms with Crippen molar-refractivity contribution in [2.75, 3.05) is 39.2 Å². The van der Waals surface area contributed by atoms with E-state index in [9.17, 15) is 0 Å². The minimum atomic E-state index is -0.130. The number of rotatable bonds is 8.